The lowest BCUT2D eigenvalue weighted by molar-refractivity contribution is 0.0117. The van der Waals surface area contributed by atoms with Gasteiger partial charge in [-0.15, -0.1) is 11.3 Å². The standard InChI is InChI=1S/C21H32N4O3S/c1-14(2)25(20(27)28-21(3,4)5)12-15-7-6-9-24(11-15)13-17-22-16-8-10-29-18(16)19(26)23-17/h8,10,14-15H,6-7,9,11-13H2,1-5H3,(H,22,23,26). The number of carbonyl (C=O) groups excluding carboxylic acids is 1. The van der Waals surface area contributed by atoms with Crippen LogP contribution in [0.5, 0.6) is 0 Å². The van der Waals surface area contributed by atoms with E-state index in [9.17, 15) is 9.59 Å². The molecule has 1 saturated heterocycles. The molecule has 0 aromatic carbocycles. The Morgan fingerprint density at radius 3 is 2.90 bits per heavy atom. The predicted octanol–water partition coefficient (Wildman–Crippen LogP) is 3.84. The van der Waals surface area contributed by atoms with Crippen molar-refractivity contribution in [2.45, 2.75) is 65.6 Å². The van der Waals surface area contributed by atoms with Gasteiger partial charge in [0.1, 0.15) is 16.1 Å². The molecule has 0 aliphatic carbocycles. The van der Waals surface area contributed by atoms with Gasteiger partial charge in [-0.05, 0) is 71.4 Å². The Hall–Kier alpha value is -1.93. The zero-order chi connectivity index (χ0) is 21.2. The van der Waals surface area contributed by atoms with Gasteiger partial charge in [0.2, 0.25) is 0 Å². The minimum absolute atomic E-state index is 0.0653. The second-order valence-corrected chi connectivity index (χ2v) is 10.0. The van der Waals surface area contributed by atoms with E-state index in [0.717, 1.165) is 31.4 Å². The van der Waals surface area contributed by atoms with E-state index in [-0.39, 0.29) is 17.7 Å². The van der Waals surface area contributed by atoms with Gasteiger partial charge in [-0.2, -0.15) is 0 Å². The Bertz CT molecular complexity index is 899. The third-order valence-electron chi connectivity index (χ3n) is 5.05. The van der Waals surface area contributed by atoms with Crippen LogP contribution in [0.1, 0.15) is 53.3 Å². The van der Waals surface area contributed by atoms with Crippen LogP contribution in [0.2, 0.25) is 0 Å². The molecule has 0 saturated carbocycles. The number of aromatic nitrogens is 2. The van der Waals surface area contributed by atoms with Gasteiger partial charge >= 0.3 is 6.09 Å². The lowest BCUT2D eigenvalue weighted by Crippen LogP contribution is -2.47. The lowest BCUT2D eigenvalue weighted by atomic mass is 9.97. The summed E-state index contributed by atoms with van der Waals surface area (Å²) in [6, 6.07) is 1.97. The Morgan fingerprint density at radius 2 is 2.21 bits per heavy atom. The lowest BCUT2D eigenvalue weighted by Gasteiger charge is -2.37. The highest BCUT2D eigenvalue weighted by molar-refractivity contribution is 7.17. The average molecular weight is 421 g/mol. The van der Waals surface area contributed by atoms with Crippen molar-refractivity contribution >= 4 is 27.6 Å². The van der Waals surface area contributed by atoms with Crippen molar-refractivity contribution in [1.82, 2.24) is 19.8 Å². The molecule has 0 spiro atoms. The van der Waals surface area contributed by atoms with Gasteiger partial charge < -0.3 is 14.6 Å². The van der Waals surface area contributed by atoms with Crippen molar-refractivity contribution in [2.24, 2.45) is 5.92 Å². The van der Waals surface area contributed by atoms with Gasteiger partial charge in [-0.3, -0.25) is 9.69 Å². The summed E-state index contributed by atoms with van der Waals surface area (Å²) < 4.78 is 6.27. The van der Waals surface area contributed by atoms with E-state index < -0.39 is 5.60 Å². The number of piperidine rings is 1. The summed E-state index contributed by atoms with van der Waals surface area (Å²) in [5.74, 6) is 1.07. The first-order valence-electron chi connectivity index (χ1n) is 10.3. The number of nitrogens with zero attached hydrogens (tertiary/aromatic N) is 3. The van der Waals surface area contributed by atoms with Crippen LogP contribution in [-0.2, 0) is 11.3 Å². The minimum Gasteiger partial charge on any atom is -0.444 e. The summed E-state index contributed by atoms with van der Waals surface area (Å²) in [7, 11) is 0. The zero-order valence-electron chi connectivity index (χ0n) is 18.0. The molecule has 1 atom stereocenters. The number of H-pyrrole nitrogens is 1. The maximum Gasteiger partial charge on any atom is 0.410 e. The number of aromatic amines is 1. The van der Waals surface area contributed by atoms with Crippen LogP contribution in [0.15, 0.2) is 16.2 Å². The monoisotopic (exact) mass is 420 g/mol. The van der Waals surface area contributed by atoms with Crippen molar-refractivity contribution < 1.29 is 9.53 Å². The first-order valence-corrected chi connectivity index (χ1v) is 11.2. The maximum absolute atomic E-state index is 12.6. The maximum atomic E-state index is 12.6. The topological polar surface area (TPSA) is 78.5 Å². The number of rotatable bonds is 5. The molecular formula is C21H32N4O3S. The fraction of sp³-hybridized carbons (Fsp3) is 0.667. The molecule has 3 rings (SSSR count). The zero-order valence-corrected chi connectivity index (χ0v) is 18.8. The number of fused-ring (bicyclic) bond motifs is 1. The van der Waals surface area contributed by atoms with Gasteiger partial charge in [0, 0.05) is 19.1 Å². The first-order chi connectivity index (χ1) is 13.6. The Balaban J connectivity index is 1.64. The van der Waals surface area contributed by atoms with Crippen LogP contribution < -0.4 is 5.56 Å². The summed E-state index contributed by atoms with van der Waals surface area (Å²) in [4.78, 5) is 36.5. The third kappa shape index (κ3) is 5.79. The predicted molar refractivity (Wildman–Crippen MR) is 116 cm³/mol. The number of carbonyl (C=O) groups is 1. The SMILES string of the molecule is CC(C)N(CC1CCCN(Cc2nc3ccsc3c(=O)[nH]2)C1)C(=O)OC(C)(C)C. The van der Waals surface area contributed by atoms with Crippen molar-refractivity contribution in [2.75, 3.05) is 19.6 Å². The van der Waals surface area contributed by atoms with Crippen LogP contribution in [0, 0.1) is 5.92 Å². The van der Waals surface area contributed by atoms with Gasteiger partial charge in [-0.1, -0.05) is 0 Å². The molecule has 8 heteroatoms. The van der Waals surface area contributed by atoms with E-state index in [1.165, 1.54) is 11.3 Å². The molecule has 1 aliphatic rings. The van der Waals surface area contributed by atoms with Crippen LogP contribution in [0.25, 0.3) is 10.2 Å². The molecule has 160 valence electrons. The highest BCUT2D eigenvalue weighted by atomic mass is 32.1. The van der Waals surface area contributed by atoms with Gasteiger partial charge in [0.15, 0.2) is 0 Å². The number of nitrogens with one attached hydrogen (secondary N) is 1. The molecular weight excluding hydrogens is 388 g/mol. The number of thiophene rings is 1. The van der Waals surface area contributed by atoms with Gasteiger partial charge in [0.25, 0.3) is 5.56 Å². The van der Waals surface area contributed by atoms with E-state index in [1.54, 1.807) is 0 Å². The highest BCUT2D eigenvalue weighted by Crippen LogP contribution is 2.22. The molecule has 1 amide bonds. The van der Waals surface area contributed by atoms with E-state index >= 15 is 0 Å². The second-order valence-electron chi connectivity index (χ2n) is 9.12. The average Bonchev–Trinajstić information content (AvgIpc) is 3.07. The first kappa shape index (κ1) is 21.8. The van der Waals surface area contributed by atoms with E-state index in [4.69, 9.17) is 4.74 Å². The summed E-state index contributed by atoms with van der Waals surface area (Å²) in [5, 5.41) is 1.89. The Morgan fingerprint density at radius 1 is 1.45 bits per heavy atom. The molecule has 2 aromatic rings. The molecule has 7 nitrogen and oxygen atoms in total. The number of amides is 1. The highest BCUT2D eigenvalue weighted by Gasteiger charge is 2.29. The summed E-state index contributed by atoms with van der Waals surface area (Å²) in [6.07, 6.45) is 1.89. The largest absolute Gasteiger partial charge is 0.444 e. The summed E-state index contributed by atoms with van der Waals surface area (Å²) in [5.41, 5.74) is 0.198. The van der Waals surface area contributed by atoms with E-state index in [1.807, 2.05) is 51.0 Å². The number of ether oxygens (including phenoxy) is 1. The smallest absolute Gasteiger partial charge is 0.410 e. The van der Waals surface area contributed by atoms with Crippen LogP contribution in [0.3, 0.4) is 0 Å². The third-order valence-corrected chi connectivity index (χ3v) is 5.95. The molecule has 3 heterocycles. The van der Waals surface area contributed by atoms with Crippen LogP contribution >= 0.6 is 11.3 Å². The molecule has 2 aromatic heterocycles. The summed E-state index contributed by atoms with van der Waals surface area (Å²) >= 11 is 1.42. The van der Waals surface area contributed by atoms with Crippen molar-refractivity contribution in [3.05, 3.63) is 27.6 Å². The minimum atomic E-state index is -0.499. The summed E-state index contributed by atoms with van der Waals surface area (Å²) in [6.45, 7) is 12.9. The second kappa shape index (κ2) is 8.83. The van der Waals surface area contributed by atoms with Gasteiger partial charge in [-0.25, -0.2) is 9.78 Å². The van der Waals surface area contributed by atoms with Crippen molar-refractivity contribution in [3.63, 3.8) is 0 Å². The Labute approximate surface area is 176 Å². The molecule has 1 fully saturated rings. The van der Waals surface area contributed by atoms with Gasteiger partial charge in [0.05, 0.1) is 12.1 Å². The van der Waals surface area contributed by atoms with Crippen LogP contribution in [-0.4, -0.2) is 57.1 Å². The van der Waals surface area contributed by atoms with Crippen molar-refractivity contribution in [3.8, 4) is 0 Å². The molecule has 1 aliphatic heterocycles. The Kier molecular flexibility index (Phi) is 6.63. The fourth-order valence-corrected chi connectivity index (χ4v) is 4.47. The van der Waals surface area contributed by atoms with E-state index in [2.05, 4.69) is 14.9 Å². The van der Waals surface area contributed by atoms with Crippen molar-refractivity contribution in [1.29, 1.82) is 0 Å². The molecule has 0 radical (unpaired) electrons. The van der Waals surface area contributed by atoms with Crippen LogP contribution in [0.4, 0.5) is 4.79 Å². The molecule has 1 unspecified atom stereocenters. The number of hydrogen-bond donors (Lipinski definition) is 1. The number of hydrogen-bond acceptors (Lipinski definition) is 6. The normalized spacial score (nSPS) is 18.3. The molecule has 1 N–H and O–H groups in total. The molecule has 0 bridgehead atoms. The quantitative estimate of drug-likeness (QED) is 0.795. The number of likely N-dealkylation sites (tertiary alicyclic amines) is 1. The fourth-order valence-electron chi connectivity index (χ4n) is 3.75. The van der Waals surface area contributed by atoms with E-state index in [0.29, 0.717) is 29.5 Å². The molecule has 29 heavy (non-hydrogen) atoms.